The Morgan fingerprint density at radius 2 is 1.58 bits per heavy atom. The van der Waals surface area contributed by atoms with Crippen LogP contribution in [-0.4, -0.2) is 17.3 Å². The van der Waals surface area contributed by atoms with E-state index in [1.165, 1.54) is 35.6 Å². The summed E-state index contributed by atoms with van der Waals surface area (Å²) in [6, 6.07) is 21.4. The average molecular weight is 471 g/mol. The van der Waals surface area contributed by atoms with Crippen molar-refractivity contribution in [2.24, 2.45) is 0 Å². The first-order chi connectivity index (χ1) is 15.9. The number of amides is 1. The minimum absolute atomic E-state index is 0.175. The van der Waals surface area contributed by atoms with Crippen LogP contribution in [0.2, 0.25) is 0 Å². The molecule has 4 aromatic rings. The SMILES string of the molecule is O=C(Nc1ccccc1Oc1ccccc1)c1csc(Nc2ccc(OC(F)(F)F)cc2)n1. The number of halogens is 3. The standard InChI is InChI=1S/C23H16F3N3O3S/c24-23(25,26)32-17-12-10-15(11-13-17)27-22-29-19(14-33-22)21(30)28-18-8-4-5-9-20(18)31-16-6-2-1-3-7-16/h1-14H,(H,27,29)(H,28,30). The zero-order chi connectivity index (χ0) is 23.3. The number of aromatic nitrogens is 1. The second kappa shape index (κ2) is 9.61. The summed E-state index contributed by atoms with van der Waals surface area (Å²) in [5.74, 6) is 0.346. The number of hydrogen-bond acceptors (Lipinski definition) is 6. The highest BCUT2D eigenvalue weighted by Gasteiger charge is 2.30. The normalized spacial score (nSPS) is 11.0. The minimum Gasteiger partial charge on any atom is -0.455 e. The number of thiazole rings is 1. The molecule has 0 fully saturated rings. The van der Waals surface area contributed by atoms with E-state index in [0.717, 1.165) is 0 Å². The molecule has 1 aromatic heterocycles. The lowest BCUT2D eigenvalue weighted by Crippen LogP contribution is -2.16. The summed E-state index contributed by atoms with van der Waals surface area (Å²) < 4.78 is 46.5. The zero-order valence-corrected chi connectivity index (χ0v) is 17.6. The van der Waals surface area contributed by atoms with Gasteiger partial charge >= 0.3 is 6.36 Å². The van der Waals surface area contributed by atoms with Crippen LogP contribution in [0.15, 0.2) is 84.2 Å². The highest BCUT2D eigenvalue weighted by atomic mass is 32.1. The number of rotatable bonds is 7. The summed E-state index contributed by atoms with van der Waals surface area (Å²) in [7, 11) is 0. The molecule has 0 aliphatic carbocycles. The van der Waals surface area contributed by atoms with Crippen molar-refractivity contribution in [3.8, 4) is 17.2 Å². The molecule has 0 saturated heterocycles. The highest BCUT2D eigenvalue weighted by Crippen LogP contribution is 2.30. The molecule has 10 heteroatoms. The monoisotopic (exact) mass is 471 g/mol. The molecular formula is C23H16F3N3O3S. The number of nitrogens with one attached hydrogen (secondary N) is 2. The number of carbonyl (C=O) groups excluding carboxylic acids is 1. The lowest BCUT2D eigenvalue weighted by Gasteiger charge is -2.11. The van der Waals surface area contributed by atoms with Gasteiger partial charge in [-0.1, -0.05) is 30.3 Å². The van der Waals surface area contributed by atoms with Crippen molar-refractivity contribution in [2.75, 3.05) is 10.6 Å². The van der Waals surface area contributed by atoms with Gasteiger partial charge in [-0.25, -0.2) is 4.98 Å². The third kappa shape index (κ3) is 6.23. The maximum absolute atomic E-state index is 12.7. The molecule has 0 saturated carbocycles. The maximum Gasteiger partial charge on any atom is 0.573 e. The van der Waals surface area contributed by atoms with Crippen molar-refractivity contribution in [1.82, 2.24) is 4.98 Å². The van der Waals surface area contributed by atoms with Gasteiger partial charge in [0.05, 0.1) is 5.69 Å². The number of carbonyl (C=O) groups is 1. The fraction of sp³-hybridized carbons (Fsp3) is 0.0435. The maximum atomic E-state index is 12.7. The van der Waals surface area contributed by atoms with Crippen LogP contribution in [0, 0.1) is 0 Å². The van der Waals surface area contributed by atoms with Crippen molar-refractivity contribution >= 4 is 33.8 Å². The zero-order valence-electron chi connectivity index (χ0n) is 16.8. The molecule has 0 spiro atoms. The molecule has 6 nitrogen and oxygen atoms in total. The van der Waals surface area contributed by atoms with Crippen LogP contribution in [0.25, 0.3) is 0 Å². The van der Waals surface area contributed by atoms with Gasteiger partial charge in [-0.15, -0.1) is 24.5 Å². The fourth-order valence-electron chi connectivity index (χ4n) is 2.76. The van der Waals surface area contributed by atoms with E-state index in [4.69, 9.17) is 4.74 Å². The third-order valence-electron chi connectivity index (χ3n) is 4.18. The van der Waals surface area contributed by atoms with Crippen LogP contribution >= 0.6 is 11.3 Å². The van der Waals surface area contributed by atoms with E-state index in [1.54, 1.807) is 41.8 Å². The van der Waals surface area contributed by atoms with Gasteiger partial charge in [-0.2, -0.15) is 0 Å². The first-order valence-electron chi connectivity index (χ1n) is 9.57. The van der Waals surface area contributed by atoms with Crippen LogP contribution in [0.4, 0.5) is 29.7 Å². The molecule has 0 atom stereocenters. The van der Waals surface area contributed by atoms with Crippen molar-refractivity contribution in [3.63, 3.8) is 0 Å². The quantitative estimate of drug-likeness (QED) is 0.309. The van der Waals surface area contributed by atoms with Crippen LogP contribution in [0.5, 0.6) is 17.2 Å². The van der Waals surface area contributed by atoms with Crippen LogP contribution < -0.4 is 20.1 Å². The second-order valence-corrected chi connectivity index (χ2v) is 7.46. The van der Waals surface area contributed by atoms with Crippen molar-refractivity contribution in [3.05, 3.63) is 89.9 Å². The van der Waals surface area contributed by atoms with E-state index >= 15 is 0 Å². The molecule has 0 aliphatic heterocycles. The highest BCUT2D eigenvalue weighted by molar-refractivity contribution is 7.14. The lowest BCUT2D eigenvalue weighted by atomic mass is 10.2. The van der Waals surface area contributed by atoms with Crippen LogP contribution in [0.1, 0.15) is 10.5 Å². The Hall–Kier alpha value is -4.05. The van der Waals surface area contributed by atoms with Crippen molar-refractivity contribution < 1.29 is 27.4 Å². The van der Waals surface area contributed by atoms with E-state index in [1.807, 2.05) is 18.2 Å². The molecule has 1 heterocycles. The van der Waals surface area contributed by atoms with E-state index < -0.39 is 12.3 Å². The number of ether oxygens (including phenoxy) is 2. The molecule has 0 bridgehead atoms. The second-order valence-electron chi connectivity index (χ2n) is 6.60. The summed E-state index contributed by atoms with van der Waals surface area (Å²) in [5.41, 5.74) is 1.15. The molecule has 33 heavy (non-hydrogen) atoms. The van der Waals surface area contributed by atoms with Crippen molar-refractivity contribution in [2.45, 2.75) is 6.36 Å². The minimum atomic E-state index is -4.75. The fourth-order valence-corrected chi connectivity index (χ4v) is 3.47. The molecule has 0 radical (unpaired) electrons. The molecule has 0 aliphatic rings. The van der Waals surface area contributed by atoms with Gasteiger partial charge in [0.15, 0.2) is 10.9 Å². The number of alkyl halides is 3. The van der Waals surface area contributed by atoms with Gasteiger partial charge in [0.1, 0.15) is 17.2 Å². The first-order valence-corrected chi connectivity index (χ1v) is 10.5. The summed E-state index contributed by atoms with van der Waals surface area (Å²) >= 11 is 1.18. The van der Waals surface area contributed by atoms with Crippen molar-refractivity contribution in [1.29, 1.82) is 0 Å². The largest absolute Gasteiger partial charge is 0.573 e. The Labute approximate surface area is 190 Å². The van der Waals surface area contributed by atoms with E-state index in [9.17, 15) is 18.0 Å². The molecular weight excluding hydrogens is 455 g/mol. The van der Waals surface area contributed by atoms with Gasteiger partial charge in [-0.3, -0.25) is 4.79 Å². The van der Waals surface area contributed by atoms with E-state index in [2.05, 4.69) is 20.4 Å². The summed E-state index contributed by atoms with van der Waals surface area (Å²) in [4.78, 5) is 16.9. The topological polar surface area (TPSA) is 72.5 Å². The average Bonchev–Trinajstić information content (AvgIpc) is 3.25. The number of anilines is 3. The first kappa shape index (κ1) is 22.2. The molecule has 1 amide bonds. The van der Waals surface area contributed by atoms with Gasteiger partial charge in [0.25, 0.3) is 5.91 Å². The molecule has 2 N–H and O–H groups in total. The van der Waals surface area contributed by atoms with Gasteiger partial charge in [-0.05, 0) is 48.5 Å². The molecule has 0 unspecified atom stereocenters. The number of hydrogen-bond donors (Lipinski definition) is 2. The summed E-state index contributed by atoms with van der Waals surface area (Å²) in [6.45, 7) is 0. The Bertz CT molecular complexity index is 1230. The molecule has 3 aromatic carbocycles. The Morgan fingerprint density at radius 1 is 0.879 bits per heavy atom. The Morgan fingerprint density at radius 3 is 2.30 bits per heavy atom. The summed E-state index contributed by atoms with van der Waals surface area (Å²) in [6.07, 6.45) is -4.75. The number of benzene rings is 3. The Kier molecular flexibility index (Phi) is 6.45. The lowest BCUT2D eigenvalue weighted by molar-refractivity contribution is -0.274. The van der Waals surface area contributed by atoms with Gasteiger partial charge in [0, 0.05) is 11.1 Å². The van der Waals surface area contributed by atoms with Gasteiger partial charge < -0.3 is 20.1 Å². The molecule has 168 valence electrons. The number of nitrogens with zero attached hydrogens (tertiary/aromatic N) is 1. The van der Waals surface area contributed by atoms with Crippen LogP contribution in [0.3, 0.4) is 0 Å². The predicted molar refractivity (Wildman–Crippen MR) is 119 cm³/mol. The van der Waals surface area contributed by atoms with E-state index in [0.29, 0.717) is 28.0 Å². The predicted octanol–water partition coefficient (Wildman–Crippen LogP) is 6.83. The Balaban J connectivity index is 1.41. The summed E-state index contributed by atoms with van der Waals surface area (Å²) in [5, 5.41) is 7.70. The van der Waals surface area contributed by atoms with Crippen LogP contribution in [-0.2, 0) is 0 Å². The number of para-hydroxylation sites is 3. The van der Waals surface area contributed by atoms with Gasteiger partial charge in [0.2, 0.25) is 0 Å². The smallest absolute Gasteiger partial charge is 0.455 e. The van der Waals surface area contributed by atoms with E-state index in [-0.39, 0.29) is 11.4 Å². The third-order valence-corrected chi connectivity index (χ3v) is 4.94. The molecule has 4 rings (SSSR count).